The number of fused-ring (bicyclic) bond motifs is 1. The van der Waals surface area contributed by atoms with Gasteiger partial charge in [-0.1, -0.05) is 41.9 Å². The normalized spacial score (nSPS) is 11.7. The third-order valence-electron chi connectivity index (χ3n) is 4.59. The average molecular weight is 408 g/mol. The van der Waals surface area contributed by atoms with Gasteiger partial charge in [0.05, 0.1) is 10.9 Å². The standard InChI is InChI=1S/C22H22ClN5O/c1-22(2,3)28-21-18(20(24)25-13-26-21)19(27-28)14-8-6-9-16(11-14)29-12-15-7-4-5-10-17(15)23/h4-11,13H,12H2,1-3H3,(H2,24,25,26). The van der Waals surface area contributed by atoms with Gasteiger partial charge in [-0.25, -0.2) is 14.6 Å². The van der Waals surface area contributed by atoms with Crippen molar-refractivity contribution in [3.8, 4) is 17.0 Å². The van der Waals surface area contributed by atoms with E-state index in [9.17, 15) is 0 Å². The molecule has 4 rings (SSSR count). The average Bonchev–Trinajstić information content (AvgIpc) is 3.09. The van der Waals surface area contributed by atoms with Crippen LogP contribution < -0.4 is 10.5 Å². The Kier molecular flexibility index (Phi) is 4.88. The van der Waals surface area contributed by atoms with Gasteiger partial charge in [0.25, 0.3) is 0 Å². The highest BCUT2D eigenvalue weighted by molar-refractivity contribution is 6.31. The van der Waals surface area contributed by atoms with Gasteiger partial charge in [0.15, 0.2) is 5.65 Å². The third-order valence-corrected chi connectivity index (χ3v) is 4.96. The second-order valence-electron chi connectivity index (χ2n) is 7.80. The van der Waals surface area contributed by atoms with Gasteiger partial charge in [-0.15, -0.1) is 0 Å². The van der Waals surface area contributed by atoms with Crippen molar-refractivity contribution in [1.29, 1.82) is 0 Å². The Bertz CT molecular complexity index is 1180. The van der Waals surface area contributed by atoms with Crippen molar-refractivity contribution in [3.63, 3.8) is 0 Å². The van der Waals surface area contributed by atoms with Crippen molar-refractivity contribution in [3.05, 3.63) is 65.4 Å². The lowest BCUT2D eigenvalue weighted by atomic mass is 10.1. The lowest BCUT2D eigenvalue weighted by Crippen LogP contribution is -2.23. The van der Waals surface area contributed by atoms with Gasteiger partial charge in [0, 0.05) is 16.1 Å². The molecule has 6 nitrogen and oxygen atoms in total. The minimum absolute atomic E-state index is 0.255. The predicted molar refractivity (Wildman–Crippen MR) is 116 cm³/mol. The Morgan fingerprint density at radius 1 is 1.07 bits per heavy atom. The number of nitrogens with zero attached hydrogens (tertiary/aromatic N) is 4. The van der Waals surface area contributed by atoms with Crippen LogP contribution in [0.2, 0.25) is 5.02 Å². The summed E-state index contributed by atoms with van der Waals surface area (Å²) in [5, 5.41) is 6.25. The van der Waals surface area contributed by atoms with Crippen LogP contribution in [0.4, 0.5) is 5.82 Å². The molecule has 0 spiro atoms. The molecular formula is C22H22ClN5O. The van der Waals surface area contributed by atoms with Crippen LogP contribution >= 0.6 is 11.6 Å². The van der Waals surface area contributed by atoms with E-state index in [1.54, 1.807) is 0 Å². The largest absolute Gasteiger partial charge is 0.489 e. The molecule has 0 atom stereocenters. The molecule has 0 unspecified atom stereocenters. The summed E-state index contributed by atoms with van der Waals surface area (Å²) in [5.74, 6) is 1.12. The molecule has 0 bridgehead atoms. The number of hydrogen-bond acceptors (Lipinski definition) is 5. The summed E-state index contributed by atoms with van der Waals surface area (Å²) in [5.41, 5.74) is 9.19. The van der Waals surface area contributed by atoms with E-state index in [0.717, 1.165) is 28.0 Å². The molecule has 7 heteroatoms. The highest BCUT2D eigenvalue weighted by Crippen LogP contribution is 2.34. The fourth-order valence-corrected chi connectivity index (χ4v) is 3.34. The highest BCUT2D eigenvalue weighted by atomic mass is 35.5. The van der Waals surface area contributed by atoms with E-state index in [-0.39, 0.29) is 5.54 Å². The van der Waals surface area contributed by atoms with E-state index < -0.39 is 0 Å². The van der Waals surface area contributed by atoms with Crippen LogP contribution in [0, 0.1) is 0 Å². The van der Waals surface area contributed by atoms with Crippen molar-refractivity contribution in [2.45, 2.75) is 32.9 Å². The number of anilines is 1. The molecule has 0 aliphatic carbocycles. The Hall–Kier alpha value is -3.12. The van der Waals surface area contributed by atoms with Crippen LogP contribution in [0.15, 0.2) is 54.9 Å². The highest BCUT2D eigenvalue weighted by Gasteiger charge is 2.24. The van der Waals surface area contributed by atoms with E-state index in [4.69, 9.17) is 27.2 Å². The summed E-state index contributed by atoms with van der Waals surface area (Å²) >= 11 is 6.23. The molecule has 148 valence electrons. The maximum Gasteiger partial charge on any atom is 0.164 e. The van der Waals surface area contributed by atoms with Crippen LogP contribution in [-0.2, 0) is 12.1 Å². The van der Waals surface area contributed by atoms with Crippen molar-refractivity contribution in [1.82, 2.24) is 19.7 Å². The van der Waals surface area contributed by atoms with Crippen molar-refractivity contribution in [2.75, 3.05) is 5.73 Å². The second-order valence-corrected chi connectivity index (χ2v) is 8.20. The lowest BCUT2D eigenvalue weighted by molar-refractivity contribution is 0.306. The number of rotatable bonds is 4. The minimum Gasteiger partial charge on any atom is -0.489 e. The van der Waals surface area contributed by atoms with Gasteiger partial charge in [0.2, 0.25) is 0 Å². The number of halogens is 1. The molecule has 0 amide bonds. The number of aromatic nitrogens is 4. The molecule has 2 N–H and O–H groups in total. The molecule has 2 aromatic heterocycles. The molecular weight excluding hydrogens is 386 g/mol. The molecule has 4 aromatic rings. The molecule has 2 heterocycles. The van der Waals surface area contributed by atoms with Crippen molar-refractivity contribution < 1.29 is 4.74 Å². The Balaban J connectivity index is 1.74. The number of nitrogen functional groups attached to an aromatic ring is 1. The molecule has 29 heavy (non-hydrogen) atoms. The zero-order valence-electron chi connectivity index (χ0n) is 16.6. The van der Waals surface area contributed by atoms with Gasteiger partial charge in [-0.05, 0) is 39.0 Å². The lowest BCUT2D eigenvalue weighted by Gasteiger charge is -2.19. The van der Waals surface area contributed by atoms with Crippen LogP contribution in [0.5, 0.6) is 5.75 Å². The first kappa shape index (κ1) is 19.2. The SMILES string of the molecule is CC(C)(C)n1nc(-c2cccc(OCc3ccccc3Cl)c2)c2c(N)ncnc21. The molecule has 2 aromatic carbocycles. The van der Waals surface area contributed by atoms with E-state index in [1.807, 2.05) is 53.2 Å². The van der Waals surface area contributed by atoms with Crippen LogP contribution in [0.25, 0.3) is 22.3 Å². The van der Waals surface area contributed by atoms with Gasteiger partial charge in [0.1, 0.15) is 30.2 Å². The monoisotopic (exact) mass is 407 g/mol. The van der Waals surface area contributed by atoms with Gasteiger partial charge < -0.3 is 10.5 Å². The maximum atomic E-state index is 6.23. The zero-order chi connectivity index (χ0) is 20.6. The van der Waals surface area contributed by atoms with E-state index >= 15 is 0 Å². The summed E-state index contributed by atoms with van der Waals surface area (Å²) < 4.78 is 7.85. The summed E-state index contributed by atoms with van der Waals surface area (Å²) in [4.78, 5) is 8.59. The quantitative estimate of drug-likeness (QED) is 0.511. The molecule has 0 saturated heterocycles. The van der Waals surface area contributed by atoms with E-state index in [0.29, 0.717) is 23.1 Å². The Labute approximate surface area is 174 Å². The molecule has 0 saturated carbocycles. The minimum atomic E-state index is -0.255. The zero-order valence-corrected chi connectivity index (χ0v) is 17.3. The summed E-state index contributed by atoms with van der Waals surface area (Å²) in [6.45, 7) is 6.60. The predicted octanol–water partition coefficient (Wildman–Crippen LogP) is 5.06. The molecule has 0 radical (unpaired) electrons. The fraction of sp³-hybridized carbons (Fsp3) is 0.227. The summed E-state index contributed by atoms with van der Waals surface area (Å²) in [6, 6.07) is 15.4. The van der Waals surface area contributed by atoms with E-state index in [2.05, 4.69) is 30.7 Å². The van der Waals surface area contributed by atoms with Crippen molar-refractivity contribution in [2.24, 2.45) is 0 Å². The molecule has 0 fully saturated rings. The first-order valence-electron chi connectivity index (χ1n) is 9.31. The Morgan fingerprint density at radius 2 is 1.86 bits per heavy atom. The molecule has 0 aliphatic rings. The van der Waals surface area contributed by atoms with Gasteiger partial charge >= 0.3 is 0 Å². The first-order chi connectivity index (χ1) is 13.8. The number of nitrogens with two attached hydrogens (primary N) is 1. The summed E-state index contributed by atoms with van der Waals surface area (Å²) in [6.07, 6.45) is 1.47. The van der Waals surface area contributed by atoms with Gasteiger partial charge in [-0.3, -0.25) is 0 Å². The van der Waals surface area contributed by atoms with Crippen LogP contribution in [0.3, 0.4) is 0 Å². The first-order valence-corrected chi connectivity index (χ1v) is 9.69. The van der Waals surface area contributed by atoms with Gasteiger partial charge in [-0.2, -0.15) is 5.10 Å². The molecule has 0 aliphatic heterocycles. The Morgan fingerprint density at radius 3 is 2.62 bits per heavy atom. The number of hydrogen-bond donors (Lipinski definition) is 1. The topological polar surface area (TPSA) is 78.9 Å². The smallest absolute Gasteiger partial charge is 0.164 e. The number of ether oxygens (including phenoxy) is 1. The van der Waals surface area contributed by atoms with E-state index in [1.165, 1.54) is 6.33 Å². The third kappa shape index (κ3) is 3.76. The number of benzene rings is 2. The fourth-order valence-electron chi connectivity index (χ4n) is 3.15. The van der Waals surface area contributed by atoms with Crippen LogP contribution in [0.1, 0.15) is 26.3 Å². The van der Waals surface area contributed by atoms with Crippen LogP contribution in [-0.4, -0.2) is 19.7 Å². The van der Waals surface area contributed by atoms with Crippen molar-refractivity contribution >= 4 is 28.5 Å². The maximum absolute atomic E-state index is 6.23. The second kappa shape index (κ2) is 7.37. The summed E-state index contributed by atoms with van der Waals surface area (Å²) in [7, 11) is 0.